The van der Waals surface area contributed by atoms with Gasteiger partial charge in [-0.2, -0.15) is 0 Å². The molecule has 134 valence electrons. The van der Waals surface area contributed by atoms with Crippen LogP contribution in [0.1, 0.15) is 45.6 Å². The van der Waals surface area contributed by atoms with Gasteiger partial charge in [0.2, 0.25) is 0 Å². The highest BCUT2D eigenvalue weighted by Crippen LogP contribution is 2.36. The molecule has 1 aromatic rings. The number of hydrogen-bond donors (Lipinski definition) is 0. The van der Waals surface area contributed by atoms with Crippen molar-refractivity contribution in [3.8, 4) is 0 Å². The highest BCUT2D eigenvalue weighted by Gasteiger charge is 2.36. The van der Waals surface area contributed by atoms with E-state index in [1.165, 1.54) is 5.56 Å². The summed E-state index contributed by atoms with van der Waals surface area (Å²) in [6.07, 6.45) is 9.16. The zero-order chi connectivity index (χ0) is 18.1. The lowest BCUT2D eigenvalue weighted by Crippen LogP contribution is -2.40. The van der Waals surface area contributed by atoms with Gasteiger partial charge in [0.05, 0.1) is 6.61 Å². The van der Waals surface area contributed by atoms with E-state index < -0.39 is 8.32 Å². The van der Waals surface area contributed by atoms with Crippen LogP contribution in [0, 0.1) is 5.92 Å². The summed E-state index contributed by atoms with van der Waals surface area (Å²) in [5.74, 6) is 0.123. The summed E-state index contributed by atoms with van der Waals surface area (Å²) in [4.78, 5) is 11.2. The number of rotatable bonds is 10. The number of carbonyl (C=O) groups is 1. The maximum absolute atomic E-state index is 11.2. The molecule has 1 aromatic carbocycles. The van der Waals surface area contributed by atoms with Gasteiger partial charge in [-0.15, -0.1) is 0 Å². The van der Waals surface area contributed by atoms with Crippen molar-refractivity contribution in [2.75, 3.05) is 6.61 Å². The maximum atomic E-state index is 11.2. The number of hydrogen-bond acceptors (Lipinski definition) is 2. The molecule has 3 heteroatoms. The first-order valence-corrected chi connectivity index (χ1v) is 12.0. The molecule has 0 radical (unpaired) electrons. The first-order valence-electron chi connectivity index (χ1n) is 9.04. The first kappa shape index (κ1) is 20.9. The molecule has 0 unspecified atom stereocenters. The van der Waals surface area contributed by atoms with Gasteiger partial charge in [-0.05, 0) is 49.4 Å². The molecule has 0 aliphatic rings. The summed E-state index contributed by atoms with van der Waals surface area (Å²) >= 11 is 0. The summed E-state index contributed by atoms with van der Waals surface area (Å²) in [7, 11) is -1.67. The summed E-state index contributed by atoms with van der Waals surface area (Å²) in [6.45, 7) is 11.9. The van der Waals surface area contributed by atoms with Crippen molar-refractivity contribution in [2.45, 2.75) is 64.6 Å². The zero-order valence-corrected chi connectivity index (χ0v) is 17.0. The standard InChI is InChI=1S/C21H34O2Si/c1-21(2,3)24(4,5)23-17-10-9-14-20(18-22)16-11-15-19-12-7-6-8-13-19/h6-10,12-13,18,20H,11,14-17H2,1-5H3/b10-9+/t20-/m1/s1. The fourth-order valence-corrected chi connectivity index (χ4v) is 3.21. The number of aldehydes is 1. The van der Waals surface area contributed by atoms with Crippen LogP contribution in [0.15, 0.2) is 42.5 Å². The van der Waals surface area contributed by atoms with Crippen molar-refractivity contribution in [2.24, 2.45) is 5.92 Å². The van der Waals surface area contributed by atoms with Gasteiger partial charge in [0.1, 0.15) is 6.29 Å². The molecule has 0 spiro atoms. The van der Waals surface area contributed by atoms with E-state index >= 15 is 0 Å². The molecule has 24 heavy (non-hydrogen) atoms. The second-order valence-electron chi connectivity index (χ2n) is 8.05. The fraction of sp³-hybridized carbons (Fsp3) is 0.571. The van der Waals surface area contributed by atoms with Crippen LogP contribution >= 0.6 is 0 Å². The smallest absolute Gasteiger partial charge is 0.192 e. The van der Waals surface area contributed by atoms with Crippen LogP contribution in [0.4, 0.5) is 0 Å². The lowest BCUT2D eigenvalue weighted by Gasteiger charge is -2.35. The average molecular weight is 347 g/mol. The van der Waals surface area contributed by atoms with Gasteiger partial charge < -0.3 is 9.22 Å². The molecule has 0 aliphatic carbocycles. The maximum Gasteiger partial charge on any atom is 0.192 e. The Kier molecular flexibility index (Phi) is 8.64. The van der Waals surface area contributed by atoms with Crippen molar-refractivity contribution in [1.29, 1.82) is 0 Å². The van der Waals surface area contributed by atoms with Crippen molar-refractivity contribution in [1.82, 2.24) is 0 Å². The number of allylic oxidation sites excluding steroid dienone is 1. The minimum Gasteiger partial charge on any atom is -0.413 e. The Hall–Kier alpha value is -1.19. The topological polar surface area (TPSA) is 26.3 Å². The molecule has 0 aromatic heterocycles. The van der Waals surface area contributed by atoms with Gasteiger partial charge >= 0.3 is 0 Å². The molecule has 0 bridgehead atoms. The average Bonchev–Trinajstić information content (AvgIpc) is 2.52. The summed E-state index contributed by atoms with van der Waals surface area (Å²) in [6, 6.07) is 10.5. The van der Waals surface area contributed by atoms with E-state index in [0.717, 1.165) is 32.0 Å². The minimum absolute atomic E-state index is 0.123. The molecule has 0 saturated carbocycles. The van der Waals surface area contributed by atoms with Gasteiger partial charge in [-0.1, -0.05) is 63.3 Å². The van der Waals surface area contributed by atoms with Crippen LogP contribution in [0.3, 0.4) is 0 Å². The van der Waals surface area contributed by atoms with Crippen LogP contribution in [0.5, 0.6) is 0 Å². The quantitative estimate of drug-likeness (QED) is 0.304. The second kappa shape index (κ2) is 9.95. The Bertz CT molecular complexity index is 500. The van der Waals surface area contributed by atoms with Gasteiger partial charge in [0.15, 0.2) is 8.32 Å². The minimum atomic E-state index is -1.67. The Morgan fingerprint density at radius 2 is 1.79 bits per heavy atom. The third-order valence-corrected chi connectivity index (χ3v) is 9.53. The number of benzene rings is 1. The van der Waals surface area contributed by atoms with Gasteiger partial charge in [-0.25, -0.2) is 0 Å². The van der Waals surface area contributed by atoms with E-state index in [0.29, 0.717) is 6.61 Å². The largest absolute Gasteiger partial charge is 0.413 e. The first-order chi connectivity index (χ1) is 11.3. The van der Waals surface area contributed by atoms with E-state index in [9.17, 15) is 4.79 Å². The van der Waals surface area contributed by atoms with E-state index in [-0.39, 0.29) is 11.0 Å². The predicted octanol–water partition coefficient (Wildman–Crippen LogP) is 5.79. The molecule has 0 amide bonds. The Labute approximate surface area is 149 Å². The monoisotopic (exact) mass is 346 g/mol. The van der Waals surface area contributed by atoms with E-state index in [1.54, 1.807) is 0 Å². The summed E-state index contributed by atoms with van der Waals surface area (Å²) in [5.41, 5.74) is 1.35. The highest BCUT2D eigenvalue weighted by atomic mass is 28.4. The summed E-state index contributed by atoms with van der Waals surface area (Å²) in [5, 5.41) is 0.240. The molecule has 0 aliphatic heterocycles. The van der Waals surface area contributed by atoms with Crippen molar-refractivity contribution in [3.05, 3.63) is 48.0 Å². The number of aryl methyl sites for hydroxylation is 1. The van der Waals surface area contributed by atoms with Crippen molar-refractivity contribution < 1.29 is 9.22 Å². The summed E-state index contributed by atoms with van der Waals surface area (Å²) < 4.78 is 6.11. The predicted molar refractivity (Wildman–Crippen MR) is 106 cm³/mol. The van der Waals surface area contributed by atoms with Crippen LogP contribution < -0.4 is 0 Å². The normalized spacial score (nSPS) is 14.0. The fourth-order valence-electron chi connectivity index (χ4n) is 2.27. The lowest BCUT2D eigenvalue weighted by atomic mass is 9.98. The molecular formula is C21H34O2Si. The van der Waals surface area contributed by atoms with E-state index in [4.69, 9.17) is 4.43 Å². The van der Waals surface area contributed by atoms with Crippen molar-refractivity contribution >= 4 is 14.6 Å². The van der Waals surface area contributed by atoms with Gasteiger partial charge in [0.25, 0.3) is 0 Å². The number of carbonyl (C=O) groups excluding carboxylic acids is 1. The Morgan fingerprint density at radius 3 is 2.38 bits per heavy atom. The van der Waals surface area contributed by atoms with Crippen LogP contribution in [-0.2, 0) is 15.6 Å². The van der Waals surface area contributed by atoms with Crippen LogP contribution in [0.2, 0.25) is 18.1 Å². The van der Waals surface area contributed by atoms with Gasteiger partial charge in [0, 0.05) is 5.92 Å². The molecule has 0 fully saturated rings. The molecule has 0 saturated heterocycles. The second-order valence-corrected chi connectivity index (χ2v) is 12.9. The molecule has 2 nitrogen and oxygen atoms in total. The Morgan fingerprint density at radius 1 is 1.12 bits per heavy atom. The van der Waals surface area contributed by atoms with Crippen molar-refractivity contribution in [3.63, 3.8) is 0 Å². The van der Waals surface area contributed by atoms with E-state index in [1.807, 2.05) is 6.07 Å². The SMILES string of the molecule is CC(C)(C)[Si](C)(C)OC/C=C/C[C@@H](C=O)CCCc1ccccc1. The van der Waals surface area contributed by atoms with E-state index in [2.05, 4.69) is 70.3 Å². The lowest BCUT2D eigenvalue weighted by molar-refractivity contribution is -0.111. The zero-order valence-electron chi connectivity index (χ0n) is 16.0. The Balaban J connectivity index is 2.27. The molecule has 1 atom stereocenters. The third kappa shape index (κ3) is 7.58. The van der Waals surface area contributed by atoms with Gasteiger partial charge in [-0.3, -0.25) is 0 Å². The molecule has 0 N–H and O–H groups in total. The molecular weight excluding hydrogens is 312 g/mol. The van der Waals surface area contributed by atoms with Crippen LogP contribution in [0.25, 0.3) is 0 Å². The molecule has 1 rings (SSSR count). The van der Waals surface area contributed by atoms with Crippen LogP contribution in [-0.4, -0.2) is 21.2 Å². The molecule has 0 heterocycles. The third-order valence-electron chi connectivity index (χ3n) is 5.03. The highest BCUT2D eigenvalue weighted by molar-refractivity contribution is 6.74.